The standard InChI is InChI=1S/C18H19N5O2S2/c24-27(25,23-10-4-5-11-23)15-8-9-16(19-12-15)20-13-17-21-22-18(26-17)14-6-2-1-3-7-14/h1-3,6-9,12H,4-5,10-11,13H2,(H,19,20). The van der Waals surface area contributed by atoms with Crippen LogP contribution in [-0.4, -0.2) is 41.0 Å². The quantitative estimate of drug-likeness (QED) is 0.683. The number of hydrogen-bond acceptors (Lipinski definition) is 7. The normalized spacial score (nSPS) is 15.1. The molecule has 0 aliphatic carbocycles. The Hall–Kier alpha value is -2.36. The summed E-state index contributed by atoms with van der Waals surface area (Å²) in [4.78, 5) is 4.47. The molecule has 9 heteroatoms. The number of sulfonamides is 1. The molecule has 0 bridgehead atoms. The molecule has 1 fully saturated rings. The minimum absolute atomic E-state index is 0.234. The van der Waals surface area contributed by atoms with Crippen LogP contribution in [0.25, 0.3) is 10.6 Å². The van der Waals surface area contributed by atoms with Crippen LogP contribution in [0, 0.1) is 0 Å². The van der Waals surface area contributed by atoms with Crippen molar-refractivity contribution in [3.8, 4) is 10.6 Å². The third-order valence-corrected chi connectivity index (χ3v) is 7.20. The first kappa shape index (κ1) is 18.0. The largest absolute Gasteiger partial charge is 0.363 e. The van der Waals surface area contributed by atoms with E-state index < -0.39 is 10.0 Å². The number of hydrogen-bond donors (Lipinski definition) is 1. The summed E-state index contributed by atoms with van der Waals surface area (Å²) in [5.74, 6) is 0.604. The van der Waals surface area contributed by atoms with Crippen LogP contribution >= 0.6 is 11.3 Å². The Labute approximate surface area is 162 Å². The van der Waals surface area contributed by atoms with E-state index in [2.05, 4.69) is 20.5 Å². The van der Waals surface area contributed by atoms with Crippen molar-refractivity contribution in [2.45, 2.75) is 24.3 Å². The van der Waals surface area contributed by atoms with Crippen LogP contribution in [0.4, 0.5) is 5.82 Å². The number of benzene rings is 1. The van der Waals surface area contributed by atoms with Gasteiger partial charge in [0, 0.05) is 24.8 Å². The Morgan fingerprint density at radius 3 is 2.52 bits per heavy atom. The molecule has 27 heavy (non-hydrogen) atoms. The van der Waals surface area contributed by atoms with E-state index in [1.807, 2.05) is 30.3 Å². The highest BCUT2D eigenvalue weighted by Crippen LogP contribution is 2.24. The van der Waals surface area contributed by atoms with E-state index in [9.17, 15) is 8.42 Å². The van der Waals surface area contributed by atoms with E-state index in [4.69, 9.17) is 0 Å². The van der Waals surface area contributed by atoms with Crippen molar-refractivity contribution < 1.29 is 8.42 Å². The van der Waals surface area contributed by atoms with Gasteiger partial charge in [0.25, 0.3) is 0 Å². The molecule has 2 aromatic heterocycles. The number of aromatic nitrogens is 3. The van der Waals surface area contributed by atoms with Gasteiger partial charge in [0.1, 0.15) is 20.7 Å². The number of rotatable bonds is 6. The van der Waals surface area contributed by atoms with Gasteiger partial charge >= 0.3 is 0 Å². The molecule has 4 rings (SSSR count). The van der Waals surface area contributed by atoms with Gasteiger partial charge in [-0.15, -0.1) is 10.2 Å². The van der Waals surface area contributed by atoms with Gasteiger partial charge in [-0.1, -0.05) is 41.7 Å². The Morgan fingerprint density at radius 2 is 1.81 bits per heavy atom. The SMILES string of the molecule is O=S(=O)(c1ccc(NCc2nnc(-c3ccccc3)s2)nc1)N1CCCC1. The monoisotopic (exact) mass is 401 g/mol. The summed E-state index contributed by atoms with van der Waals surface area (Å²) in [7, 11) is -3.43. The fourth-order valence-electron chi connectivity index (χ4n) is 2.90. The van der Waals surface area contributed by atoms with E-state index in [0.29, 0.717) is 25.5 Å². The molecule has 0 amide bonds. The molecule has 0 atom stereocenters. The highest BCUT2D eigenvalue weighted by Gasteiger charge is 2.27. The van der Waals surface area contributed by atoms with Gasteiger partial charge in [0.15, 0.2) is 0 Å². The summed E-state index contributed by atoms with van der Waals surface area (Å²) in [5, 5.41) is 13.3. The van der Waals surface area contributed by atoms with Gasteiger partial charge in [0.05, 0.1) is 6.54 Å². The predicted octanol–water partition coefficient (Wildman–Crippen LogP) is 3.00. The fourth-order valence-corrected chi connectivity index (χ4v) is 5.15. The van der Waals surface area contributed by atoms with Gasteiger partial charge in [-0.2, -0.15) is 4.31 Å². The van der Waals surface area contributed by atoms with E-state index in [1.165, 1.54) is 21.8 Å². The number of nitrogens with zero attached hydrogens (tertiary/aromatic N) is 4. The lowest BCUT2D eigenvalue weighted by Gasteiger charge is -2.15. The average Bonchev–Trinajstić information content (AvgIpc) is 3.40. The van der Waals surface area contributed by atoms with Crippen molar-refractivity contribution in [2.75, 3.05) is 18.4 Å². The Morgan fingerprint density at radius 1 is 1.04 bits per heavy atom. The Bertz CT molecular complexity index is 998. The van der Waals surface area contributed by atoms with E-state index in [1.54, 1.807) is 12.1 Å². The van der Waals surface area contributed by atoms with Gasteiger partial charge in [-0.05, 0) is 25.0 Å². The van der Waals surface area contributed by atoms with Crippen LogP contribution in [0.15, 0.2) is 53.6 Å². The number of pyridine rings is 1. The van der Waals surface area contributed by atoms with Crippen LogP contribution in [0.5, 0.6) is 0 Å². The Balaban J connectivity index is 1.40. The zero-order valence-electron chi connectivity index (χ0n) is 14.6. The molecule has 1 aliphatic rings. The van der Waals surface area contributed by atoms with E-state index in [0.717, 1.165) is 28.4 Å². The third-order valence-electron chi connectivity index (χ3n) is 4.35. The van der Waals surface area contributed by atoms with Crippen LogP contribution in [0.2, 0.25) is 0 Å². The zero-order valence-corrected chi connectivity index (χ0v) is 16.2. The molecular weight excluding hydrogens is 382 g/mol. The second-order valence-electron chi connectivity index (χ2n) is 6.21. The maximum atomic E-state index is 12.5. The molecule has 1 aromatic carbocycles. The molecule has 7 nitrogen and oxygen atoms in total. The predicted molar refractivity (Wildman–Crippen MR) is 105 cm³/mol. The maximum Gasteiger partial charge on any atom is 0.244 e. The molecule has 1 N–H and O–H groups in total. The number of nitrogens with one attached hydrogen (secondary N) is 1. The summed E-state index contributed by atoms with van der Waals surface area (Å²) in [6, 6.07) is 13.2. The molecule has 1 saturated heterocycles. The van der Waals surface area contributed by atoms with Crippen molar-refractivity contribution in [3.63, 3.8) is 0 Å². The smallest absolute Gasteiger partial charge is 0.244 e. The summed E-state index contributed by atoms with van der Waals surface area (Å²) < 4.78 is 26.5. The lowest BCUT2D eigenvalue weighted by molar-refractivity contribution is 0.477. The fraction of sp³-hybridized carbons (Fsp3) is 0.278. The van der Waals surface area contributed by atoms with Gasteiger partial charge < -0.3 is 5.32 Å². The highest BCUT2D eigenvalue weighted by molar-refractivity contribution is 7.89. The van der Waals surface area contributed by atoms with Gasteiger partial charge in [-0.3, -0.25) is 0 Å². The molecule has 0 radical (unpaired) electrons. The minimum atomic E-state index is -3.43. The highest BCUT2D eigenvalue weighted by atomic mass is 32.2. The molecule has 3 aromatic rings. The molecular formula is C18H19N5O2S2. The minimum Gasteiger partial charge on any atom is -0.363 e. The summed E-state index contributed by atoms with van der Waals surface area (Å²) in [5.41, 5.74) is 1.04. The maximum absolute atomic E-state index is 12.5. The molecule has 0 spiro atoms. The third kappa shape index (κ3) is 4.00. The molecule has 0 unspecified atom stereocenters. The van der Waals surface area contributed by atoms with Crippen molar-refractivity contribution in [1.29, 1.82) is 0 Å². The average molecular weight is 402 g/mol. The van der Waals surface area contributed by atoms with Crippen molar-refractivity contribution in [3.05, 3.63) is 53.7 Å². The van der Waals surface area contributed by atoms with Crippen LogP contribution in [0.3, 0.4) is 0 Å². The van der Waals surface area contributed by atoms with Crippen molar-refractivity contribution in [1.82, 2.24) is 19.5 Å². The van der Waals surface area contributed by atoms with Gasteiger partial charge in [-0.25, -0.2) is 13.4 Å². The van der Waals surface area contributed by atoms with Crippen molar-refractivity contribution >= 4 is 27.2 Å². The summed E-state index contributed by atoms with van der Waals surface area (Å²) in [6.07, 6.45) is 3.24. The molecule has 0 saturated carbocycles. The summed E-state index contributed by atoms with van der Waals surface area (Å²) in [6.45, 7) is 1.65. The first-order chi connectivity index (χ1) is 13.1. The molecule has 1 aliphatic heterocycles. The van der Waals surface area contributed by atoms with E-state index >= 15 is 0 Å². The van der Waals surface area contributed by atoms with Gasteiger partial charge in [0.2, 0.25) is 10.0 Å². The second kappa shape index (κ2) is 7.71. The van der Waals surface area contributed by atoms with Crippen molar-refractivity contribution in [2.24, 2.45) is 0 Å². The molecule has 3 heterocycles. The van der Waals surface area contributed by atoms with Crippen LogP contribution in [-0.2, 0) is 16.6 Å². The zero-order chi connectivity index (χ0) is 18.7. The molecule has 140 valence electrons. The van der Waals surface area contributed by atoms with Crippen LogP contribution < -0.4 is 5.32 Å². The van der Waals surface area contributed by atoms with E-state index in [-0.39, 0.29) is 4.90 Å². The second-order valence-corrected chi connectivity index (χ2v) is 9.21. The lowest BCUT2D eigenvalue weighted by Crippen LogP contribution is -2.27. The Kier molecular flexibility index (Phi) is 5.15. The van der Waals surface area contributed by atoms with Crippen LogP contribution in [0.1, 0.15) is 17.8 Å². The lowest BCUT2D eigenvalue weighted by atomic mass is 10.2. The topological polar surface area (TPSA) is 88.1 Å². The first-order valence-electron chi connectivity index (χ1n) is 8.71. The first-order valence-corrected chi connectivity index (χ1v) is 11.0. The summed E-state index contributed by atoms with van der Waals surface area (Å²) >= 11 is 1.51. The number of anilines is 1.